The van der Waals surface area contributed by atoms with Crippen molar-refractivity contribution < 1.29 is 17.9 Å². The quantitative estimate of drug-likeness (QED) is 0.156. The highest BCUT2D eigenvalue weighted by Crippen LogP contribution is 2.44. The second-order valence-electron chi connectivity index (χ2n) is 13.1. The minimum atomic E-state index is -3.72. The van der Waals surface area contributed by atoms with Crippen LogP contribution in [0.1, 0.15) is 55.2 Å². The molecule has 1 amide bonds. The Kier molecular flexibility index (Phi) is 11.3. The van der Waals surface area contributed by atoms with E-state index in [2.05, 4.69) is 29.2 Å². The number of nitrogens with zero attached hydrogens (tertiary/aromatic N) is 3. The van der Waals surface area contributed by atoms with Crippen molar-refractivity contribution in [2.75, 3.05) is 26.2 Å². The van der Waals surface area contributed by atoms with Crippen molar-refractivity contribution in [3.05, 3.63) is 138 Å². The average molecular weight is 666 g/mol. The van der Waals surface area contributed by atoms with E-state index >= 15 is 0 Å². The summed E-state index contributed by atoms with van der Waals surface area (Å²) in [5.41, 5.74) is 3.25. The Morgan fingerprint density at radius 1 is 0.750 bits per heavy atom. The van der Waals surface area contributed by atoms with Crippen LogP contribution in [0.2, 0.25) is 0 Å². The van der Waals surface area contributed by atoms with Crippen LogP contribution < -0.4 is 0 Å². The van der Waals surface area contributed by atoms with Gasteiger partial charge in [0.05, 0.1) is 4.90 Å². The van der Waals surface area contributed by atoms with Crippen LogP contribution in [0.4, 0.5) is 4.79 Å². The van der Waals surface area contributed by atoms with Crippen molar-refractivity contribution in [2.24, 2.45) is 5.92 Å². The van der Waals surface area contributed by atoms with Crippen LogP contribution >= 0.6 is 0 Å². The first kappa shape index (κ1) is 33.9. The van der Waals surface area contributed by atoms with Gasteiger partial charge in [-0.25, -0.2) is 13.2 Å². The molecular formula is C40H47N3O4S. The molecule has 1 saturated carbocycles. The predicted molar refractivity (Wildman–Crippen MR) is 190 cm³/mol. The molecule has 8 heteroatoms. The molecule has 0 bridgehead atoms. The van der Waals surface area contributed by atoms with Crippen LogP contribution in [0.15, 0.2) is 126 Å². The smallest absolute Gasteiger partial charge is 0.410 e. The van der Waals surface area contributed by atoms with Gasteiger partial charge < -0.3 is 14.5 Å². The van der Waals surface area contributed by atoms with Gasteiger partial charge in [-0.15, -0.1) is 0 Å². The summed E-state index contributed by atoms with van der Waals surface area (Å²) in [6, 6.07) is 39.2. The number of carbonyl (C=O) groups excluding carboxylic acids is 1. The molecule has 1 heterocycles. The molecule has 0 aromatic heterocycles. The van der Waals surface area contributed by atoms with Gasteiger partial charge in [0.2, 0.25) is 10.0 Å². The average Bonchev–Trinajstić information content (AvgIpc) is 3.55. The number of ether oxygens (including phenoxy) is 1. The van der Waals surface area contributed by atoms with Gasteiger partial charge in [0, 0.05) is 44.8 Å². The lowest BCUT2D eigenvalue weighted by Gasteiger charge is -2.39. The fourth-order valence-corrected chi connectivity index (χ4v) is 9.28. The summed E-state index contributed by atoms with van der Waals surface area (Å²) in [6.45, 7) is 5.95. The van der Waals surface area contributed by atoms with Crippen molar-refractivity contribution in [2.45, 2.75) is 68.7 Å². The Hall–Kier alpha value is -3.98. The van der Waals surface area contributed by atoms with E-state index in [0.29, 0.717) is 23.9 Å². The molecule has 1 unspecified atom stereocenters. The Morgan fingerprint density at radius 2 is 1.31 bits per heavy atom. The van der Waals surface area contributed by atoms with Gasteiger partial charge in [-0.3, -0.25) is 0 Å². The minimum Gasteiger partial charge on any atom is -0.445 e. The van der Waals surface area contributed by atoms with Gasteiger partial charge in [0.1, 0.15) is 6.61 Å². The van der Waals surface area contributed by atoms with Crippen LogP contribution in [0.5, 0.6) is 0 Å². The molecule has 3 atom stereocenters. The molecule has 1 saturated heterocycles. The largest absolute Gasteiger partial charge is 0.445 e. The first-order chi connectivity index (χ1) is 23.4. The van der Waals surface area contributed by atoms with E-state index in [-0.39, 0.29) is 30.7 Å². The number of hydrogen-bond donors (Lipinski definition) is 0. The summed E-state index contributed by atoms with van der Waals surface area (Å²) >= 11 is 0. The number of hydrogen-bond acceptors (Lipinski definition) is 5. The molecule has 252 valence electrons. The third kappa shape index (κ3) is 8.17. The molecule has 7 nitrogen and oxygen atoms in total. The molecule has 4 aromatic rings. The molecular weight excluding hydrogens is 619 g/mol. The van der Waals surface area contributed by atoms with Crippen molar-refractivity contribution >= 4 is 16.1 Å². The molecule has 1 aliphatic carbocycles. The van der Waals surface area contributed by atoms with Gasteiger partial charge in [-0.1, -0.05) is 109 Å². The lowest BCUT2D eigenvalue weighted by atomic mass is 9.88. The van der Waals surface area contributed by atoms with Gasteiger partial charge in [0.15, 0.2) is 0 Å². The summed E-state index contributed by atoms with van der Waals surface area (Å²) in [5.74, 6) is 0.551. The zero-order valence-corrected chi connectivity index (χ0v) is 28.6. The first-order valence-electron chi connectivity index (χ1n) is 17.3. The normalized spacial score (nSPS) is 20.5. The number of sulfonamides is 1. The molecule has 1 aliphatic heterocycles. The number of benzene rings is 4. The number of likely N-dealkylation sites (tertiary alicyclic amines) is 1. The highest BCUT2D eigenvalue weighted by Gasteiger charge is 2.43. The van der Waals surface area contributed by atoms with Crippen molar-refractivity contribution in [1.82, 2.24) is 14.1 Å². The topological polar surface area (TPSA) is 70.2 Å². The Balaban J connectivity index is 1.16. The maximum Gasteiger partial charge on any atom is 0.410 e. The van der Waals surface area contributed by atoms with Crippen molar-refractivity contribution in [3.8, 4) is 0 Å². The maximum atomic E-state index is 14.2. The van der Waals surface area contributed by atoms with Crippen LogP contribution in [-0.4, -0.2) is 66.9 Å². The predicted octanol–water partition coefficient (Wildman–Crippen LogP) is 7.56. The zero-order chi connectivity index (χ0) is 33.3. The molecule has 48 heavy (non-hydrogen) atoms. The van der Waals surface area contributed by atoms with Gasteiger partial charge >= 0.3 is 6.09 Å². The molecule has 0 radical (unpaired) electrons. The summed E-state index contributed by atoms with van der Waals surface area (Å²) in [6.07, 6.45) is 3.11. The van der Waals surface area contributed by atoms with E-state index in [1.165, 1.54) is 5.56 Å². The highest BCUT2D eigenvalue weighted by molar-refractivity contribution is 7.89. The summed E-state index contributed by atoms with van der Waals surface area (Å²) in [5, 5.41) is 0. The lowest BCUT2D eigenvalue weighted by Crippen LogP contribution is -2.48. The van der Waals surface area contributed by atoms with E-state index in [0.717, 1.165) is 56.4 Å². The van der Waals surface area contributed by atoms with Crippen molar-refractivity contribution in [1.29, 1.82) is 0 Å². The van der Waals surface area contributed by atoms with Gasteiger partial charge in [0.25, 0.3) is 0 Å². The number of rotatable bonds is 12. The first-order valence-corrected chi connectivity index (χ1v) is 18.7. The van der Waals surface area contributed by atoms with Crippen LogP contribution in [0, 0.1) is 5.92 Å². The van der Waals surface area contributed by atoms with Crippen LogP contribution in [0.25, 0.3) is 0 Å². The fourth-order valence-electron chi connectivity index (χ4n) is 7.63. The molecule has 2 fully saturated rings. The molecule has 0 N–H and O–H groups in total. The summed E-state index contributed by atoms with van der Waals surface area (Å²) in [7, 11) is -3.72. The molecule has 2 aliphatic rings. The third-order valence-electron chi connectivity index (χ3n) is 10.1. The van der Waals surface area contributed by atoms with Gasteiger partial charge in [-0.2, -0.15) is 4.31 Å². The lowest BCUT2D eigenvalue weighted by molar-refractivity contribution is 0.0601. The van der Waals surface area contributed by atoms with Crippen molar-refractivity contribution in [3.63, 3.8) is 0 Å². The standard InChI is InChI=1S/C40H47N3O4S/c1-2-42(40(44)47-31-33-17-9-4-10-18-33)36-23-25-41(26-24-36)30-35-27-37(28-39(35)34-19-11-5-12-20-34)43(29-32-15-7-3-8-16-32)48(45,46)38-21-13-6-14-22-38/h3-22,35-37,39H,2,23-31H2,1H3/t35-,37?,39-/m1/s1. The number of piperidine rings is 1. The van der Waals surface area contributed by atoms with E-state index in [1.54, 1.807) is 28.6 Å². The van der Waals surface area contributed by atoms with E-state index in [1.807, 2.05) is 84.6 Å². The van der Waals surface area contributed by atoms with E-state index in [9.17, 15) is 13.2 Å². The van der Waals surface area contributed by atoms with E-state index in [4.69, 9.17) is 4.74 Å². The number of carbonyl (C=O) groups is 1. The monoisotopic (exact) mass is 665 g/mol. The Morgan fingerprint density at radius 3 is 1.92 bits per heavy atom. The zero-order valence-electron chi connectivity index (χ0n) is 27.8. The fraction of sp³-hybridized carbons (Fsp3) is 0.375. The minimum absolute atomic E-state index is 0.127. The number of amides is 1. The van der Waals surface area contributed by atoms with E-state index < -0.39 is 10.0 Å². The maximum absolute atomic E-state index is 14.2. The molecule has 4 aromatic carbocycles. The Bertz CT molecular complexity index is 1680. The summed E-state index contributed by atoms with van der Waals surface area (Å²) in [4.78, 5) is 17.8. The summed E-state index contributed by atoms with van der Waals surface area (Å²) < 4.78 is 35.9. The molecule has 6 rings (SSSR count). The van der Waals surface area contributed by atoms with Crippen LogP contribution in [-0.2, 0) is 27.9 Å². The van der Waals surface area contributed by atoms with Gasteiger partial charge in [-0.05, 0) is 73.3 Å². The second kappa shape index (κ2) is 15.9. The molecule has 0 spiro atoms. The SMILES string of the molecule is CCN(C(=O)OCc1ccccc1)C1CCN(C[C@H]2CC(N(Cc3ccccc3)S(=O)(=O)c3ccccc3)C[C@@H]2c2ccccc2)CC1. The second-order valence-corrected chi connectivity index (χ2v) is 15.0. The Labute approximate surface area is 286 Å². The highest BCUT2D eigenvalue weighted by atomic mass is 32.2. The van der Waals surface area contributed by atoms with Crippen LogP contribution in [0.3, 0.4) is 0 Å². The third-order valence-corrected chi connectivity index (χ3v) is 12.0.